The first kappa shape index (κ1) is 10.1. The maximum atomic E-state index is 6.04. The fraction of sp³-hybridized carbons (Fsp3) is 0. The maximum absolute atomic E-state index is 6.04. The van der Waals surface area contributed by atoms with Crippen LogP contribution in [0.3, 0.4) is 0 Å². The standard InChI is InChI=1S/C12H9ClN4/c13-10-2-1-7-17-12(10)15-11(16-17)8-3-5-9(14)6-4-8/h1-7H,14H2. The van der Waals surface area contributed by atoms with E-state index in [2.05, 4.69) is 10.1 Å². The third-order valence-electron chi connectivity index (χ3n) is 2.48. The van der Waals surface area contributed by atoms with Crippen molar-refractivity contribution >= 4 is 22.9 Å². The Labute approximate surface area is 103 Å². The Balaban J connectivity index is 2.18. The van der Waals surface area contributed by atoms with E-state index >= 15 is 0 Å². The third-order valence-corrected chi connectivity index (χ3v) is 2.78. The number of hydrogen-bond acceptors (Lipinski definition) is 3. The van der Waals surface area contributed by atoms with Crippen LogP contribution >= 0.6 is 11.6 Å². The van der Waals surface area contributed by atoms with Crippen LogP contribution < -0.4 is 5.73 Å². The molecule has 0 bridgehead atoms. The van der Waals surface area contributed by atoms with Gasteiger partial charge in [-0.2, -0.15) is 0 Å². The second-order valence-electron chi connectivity index (χ2n) is 3.68. The number of benzene rings is 1. The van der Waals surface area contributed by atoms with Crippen LogP contribution in [0.4, 0.5) is 5.69 Å². The van der Waals surface area contributed by atoms with Gasteiger partial charge in [0.1, 0.15) is 0 Å². The van der Waals surface area contributed by atoms with Crippen molar-refractivity contribution in [2.45, 2.75) is 0 Å². The summed E-state index contributed by atoms with van der Waals surface area (Å²) in [5.74, 6) is 0.637. The van der Waals surface area contributed by atoms with Gasteiger partial charge in [0.15, 0.2) is 11.5 Å². The third kappa shape index (κ3) is 1.72. The zero-order valence-corrected chi connectivity index (χ0v) is 9.59. The lowest BCUT2D eigenvalue weighted by Crippen LogP contribution is -1.87. The summed E-state index contributed by atoms with van der Waals surface area (Å²) < 4.78 is 1.66. The number of nitrogens with zero attached hydrogens (tertiary/aromatic N) is 3. The Bertz CT molecular complexity index is 673. The zero-order valence-electron chi connectivity index (χ0n) is 8.84. The molecule has 84 valence electrons. The Kier molecular flexibility index (Phi) is 2.23. The van der Waals surface area contributed by atoms with Gasteiger partial charge >= 0.3 is 0 Å². The highest BCUT2D eigenvalue weighted by molar-refractivity contribution is 6.33. The van der Waals surface area contributed by atoms with Gasteiger partial charge in [0.05, 0.1) is 5.02 Å². The van der Waals surface area contributed by atoms with Crippen LogP contribution in [0.2, 0.25) is 5.02 Å². The number of anilines is 1. The van der Waals surface area contributed by atoms with Gasteiger partial charge in [-0.1, -0.05) is 11.6 Å². The molecule has 0 aliphatic rings. The molecule has 3 aromatic rings. The first-order chi connectivity index (χ1) is 8.24. The Morgan fingerprint density at radius 1 is 1.12 bits per heavy atom. The monoisotopic (exact) mass is 244 g/mol. The number of nitrogen functional groups attached to an aromatic ring is 1. The van der Waals surface area contributed by atoms with Gasteiger partial charge in [-0.15, -0.1) is 5.10 Å². The van der Waals surface area contributed by atoms with E-state index in [9.17, 15) is 0 Å². The maximum Gasteiger partial charge on any atom is 0.182 e. The summed E-state index contributed by atoms with van der Waals surface area (Å²) in [6, 6.07) is 11.0. The summed E-state index contributed by atoms with van der Waals surface area (Å²) in [6.07, 6.45) is 1.81. The second-order valence-corrected chi connectivity index (χ2v) is 4.09. The quantitative estimate of drug-likeness (QED) is 0.670. The van der Waals surface area contributed by atoms with Gasteiger partial charge in [-0.05, 0) is 36.4 Å². The van der Waals surface area contributed by atoms with Crippen LogP contribution in [-0.2, 0) is 0 Å². The molecule has 4 nitrogen and oxygen atoms in total. The van der Waals surface area contributed by atoms with Crippen LogP contribution in [0, 0.1) is 0 Å². The van der Waals surface area contributed by atoms with Gasteiger partial charge in [-0.25, -0.2) is 9.50 Å². The van der Waals surface area contributed by atoms with Crippen molar-refractivity contribution in [3.8, 4) is 11.4 Å². The van der Waals surface area contributed by atoms with E-state index in [1.807, 2.05) is 36.5 Å². The van der Waals surface area contributed by atoms with Gasteiger partial charge < -0.3 is 5.73 Å². The van der Waals surface area contributed by atoms with Crippen LogP contribution in [0.1, 0.15) is 0 Å². The number of halogens is 1. The molecule has 0 spiro atoms. The summed E-state index contributed by atoms with van der Waals surface area (Å²) in [4.78, 5) is 4.39. The van der Waals surface area contributed by atoms with E-state index in [1.54, 1.807) is 10.6 Å². The average molecular weight is 245 g/mol. The molecule has 2 aromatic heterocycles. The molecule has 0 radical (unpaired) electrons. The molecule has 0 aliphatic carbocycles. The van der Waals surface area contributed by atoms with E-state index in [-0.39, 0.29) is 0 Å². The fourth-order valence-corrected chi connectivity index (χ4v) is 1.83. The lowest BCUT2D eigenvalue weighted by atomic mass is 10.2. The van der Waals surface area contributed by atoms with Crippen LogP contribution in [-0.4, -0.2) is 14.6 Å². The summed E-state index contributed by atoms with van der Waals surface area (Å²) in [5.41, 5.74) is 7.92. The minimum atomic E-state index is 0.585. The lowest BCUT2D eigenvalue weighted by molar-refractivity contribution is 0.966. The van der Waals surface area contributed by atoms with Gasteiger partial charge in [0.2, 0.25) is 0 Å². The van der Waals surface area contributed by atoms with Crippen molar-refractivity contribution in [2.24, 2.45) is 0 Å². The Morgan fingerprint density at radius 2 is 1.88 bits per heavy atom. The number of aromatic nitrogens is 3. The number of nitrogens with two attached hydrogens (primary N) is 1. The molecule has 2 heterocycles. The topological polar surface area (TPSA) is 56.2 Å². The summed E-state index contributed by atoms with van der Waals surface area (Å²) in [6.45, 7) is 0. The van der Waals surface area contributed by atoms with Gasteiger partial charge in [0.25, 0.3) is 0 Å². The summed E-state index contributed by atoms with van der Waals surface area (Å²) >= 11 is 6.04. The molecular weight excluding hydrogens is 236 g/mol. The summed E-state index contributed by atoms with van der Waals surface area (Å²) in [5, 5.41) is 4.94. The van der Waals surface area contributed by atoms with Crippen LogP contribution in [0.15, 0.2) is 42.6 Å². The average Bonchev–Trinajstić information content (AvgIpc) is 2.75. The zero-order chi connectivity index (χ0) is 11.8. The number of hydrogen-bond donors (Lipinski definition) is 1. The number of pyridine rings is 1. The first-order valence-electron chi connectivity index (χ1n) is 5.11. The van der Waals surface area contributed by atoms with Crippen molar-refractivity contribution in [1.82, 2.24) is 14.6 Å². The minimum absolute atomic E-state index is 0.585. The van der Waals surface area contributed by atoms with Crippen molar-refractivity contribution < 1.29 is 0 Å². The molecule has 0 saturated heterocycles. The molecule has 0 amide bonds. The van der Waals surface area contributed by atoms with Crippen molar-refractivity contribution in [3.05, 3.63) is 47.6 Å². The van der Waals surface area contributed by atoms with Gasteiger partial charge in [-0.3, -0.25) is 0 Å². The molecule has 0 saturated carbocycles. The SMILES string of the molecule is Nc1ccc(-c2nc3c(Cl)cccn3n2)cc1. The minimum Gasteiger partial charge on any atom is -0.399 e. The number of rotatable bonds is 1. The summed E-state index contributed by atoms with van der Waals surface area (Å²) in [7, 11) is 0. The smallest absolute Gasteiger partial charge is 0.182 e. The Hall–Kier alpha value is -2.07. The molecule has 3 rings (SSSR count). The molecule has 5 heteroatoms. The highest BCUT2D eigenvalue weighted by Crippen LogP contribution is 2.21. The van der Waals surface area contributed by atoms with Crippen molar-refractivity contribution in [3.63, 3.8) is 0 Å². The van der Waals surface area contributed by atoms with Crippen LogP contribution in [0.5, 0.6) is 0 Å². The predicted octanol–water partition coefficient (Wildman–Crippen LogP) is 2.63. The van der Waals surface area contributed by atoms with E-state index in [0.29, 0.717) is 16.5 Å². The van der Waals surface area contributed by atoms with Crippen LogP contribution in [0.25, 0.3) is 17.0 Å². The predicted molar refractivity (Wildman–Crippen MR) is 67.8 cm³/mol. The molecule has 0 unspecified atom stereocenters. The van der Waals surface area contributed by atoms with E-state index in [0.717, 1.165) is 11.3 Å². The Morgan fingerprint density at radius 3 is 2.59 bits per heavy atom. The highest BCUT2D eigenvalue weighted by Gasteiger charge is 2.07. The molecule has 2 N–H and O–H groups in total. The molecule has 17 heavy (non-hydrogen) atoms. The fourth-order valence-electron chi connectivity index (χ4n) is 1.63. The van der Waals surface area contributed by atoms with E-state index in [4.69, 9.17) is 17.3 Å². The van der Waals surface area contributed by atoms with E-state index in [1.165, 1.54) is 0 Å². The number of fused-ring (bicyclic) bond motifs is 1. The largest absolute Gasteiger partial charge is 0.399 e. The first-order valence-corrected chi connectivity index (χ1v) is 5.48. The van der Waals surface area contributed by atoms with Gasteiger partial charge in [0, 0.05) is 17.4 Å². The molecule has 1 aromatic carbocycles. The lowest BCUT2D eigenvalue weighted by Gasteiger charge is -1.94. The molecular formula is C12H9ClN4. The highest BCUT2D eigenvalue weighted by atomic mass is 35.5. The molecule has 0 fully saturated rings. The second kappa shape index (κ2) is 3.75. The molecule has 0 atom stereocenters. The van der Waals surface area contributed by atoms with Crippen molar-refractivity contribution in [2.75, 3.05) is 5.73 Å². The molecule has 0 aliphatic heterocycles. The normalized spacial score (nSPS) is 10.9. The van der Waals surface area contributed by atoms with E-state index < -0.39 is 0 Å². The van der Waals surface area contributed by atoms with Crippen molar-refractivity contribution in [1.29, 1.82) is 0 Å².